The Morgan fingerprint density at radius 3 is 2.42 bits per heavy atom. The SMILES string of the molecule is CC1=CN=C(c2ccccc2)[N]1. The van der Waals surface area contributed by atoms with Crippen LogP contribution in [0.25, 0.3) is 0 Å². The molecule has 2 rings (SSSR count). The van der Waals surface area contributed by atoms with Crippen LogP contribution in [0.1, 0.15) is 12.5 Å². The fraction of sp³-hybridized carbons (Fsp3) is 0.100. The highest BCUT2D eigenvalue weighted by atomic mass is 15.0. The van der Waals surface area contributed by atoms with Crippen molar-refractivity contribution in [2.75, 3.05) is 0 Å². The lowest BCUT2D eigenvalue weighted by atomic mass is 10.2. The van der Waals surface area contributed by atoms with Gasteiger partial charge in [-0.25, -0.2) is 10.3 Å². The summed E-state index contributed by atoms with van der Waals surface area (Å²) in [6.07, 6.45) is 1.78. The summed E-state index contributed by atoms with van der Waals surface area (Å²) >= 11 is 0. The maximum atomic E-state index is 4.27. The Bertz CT molecular complexity index is 336. The van der Waals surface area contributed by atoms with Crippen LogP contribution in [0.2, 0.25) is 0 Å². The Morgan fingerprint density at radius 2 is 1.83 bits per heavy atom. The molecule has 59 valence electrons. The summed E-state index contributed by atoms with van der Waals surface area (Å²) in [6.45, 7) is 1.94. The molecule has 0 bridgehead atoms. The van der Waals surface area contributed by atoms with Crippen LogP contribution < -0.4 is 5.32 Å². The van der Waals surface area contributed by atoms with Gasteiger partial charge in [0.2, 0.25) is 0 Å². The van der Waals surface area contributed by atoms with Gasteiger partial charge in [-0.05, 0) is 6.92 Å². The van der Waals surface area contributed by atoms with E-state index in [0.29, 0.717) is 0 Å². The molecule has 0 unspecified atom stereocenters. The zero-order chi connectivity index (χ0) is 8.39. The molecular weight excluding hydrogens is 148 g/mol. The lowest BCUT2D eigenvalue weighted by Gasteiger charge is -1.99. The normalized spacial score (nSPS) is 15.1. The molecule has 0 aliphatic carbocycles. The molecule has 0 N–H and O–H groups in total. The topological polar surface area (TPSA) is 26.5 Å². The van der Waals surface area contributed by atoms with Crippen LogP contribution in [0, 0.1) is 0 Å². The van der Waals surface area contributed by atoms with E-state index in [4.69, 9.17) is 0 Å². The zero-order valence-electron chi connectivity index (χ0n) is 6.86. The molecule has 1 aliphatic heterocycles. The summed E-state index contributed by atoms with van der Waals surface area (Å²) in [6, 6.07) is 9.98. The third-order valence-corrected chi connectivity index (χ3v) is 1.69. The highest BCUT2D eigenvalue weighted by molar-refractivity contribution is 6.01. The first-order valence-electron chi connectivity index (χ1n) is 3.88. The second kappa shape index (κ2) is 2.81. The van der Waals surface area contributed by atoms with Crippen molar-refractivity contribution in [2.45, 2.75) is 6.92 Å². The Morgan fingerprint density at radius 1 is 1.08 bits per heavy atom. The van der Waals surface area contributed by atoms with Crippen molar-refractivity contribution in [1.82, 2.24) is 5.32 Å². The van der Waals surface area contributed by atoms with E-state index in [9.17, 15) is 0 Å². The molecule has 0 aromatic heterocycles. The Kier molecular flexibility index (Phi) is 1.67. The predicted octanol–water partition coefficient (Wildman–Crippen LogP) is 1.91. The van der Waals surface area contributed by atoms with Gasteiger partial charge in [-0.2, -0.15) is 0 Å². The van der Waals surface area contributed by atoms with Crippen molar-refractivity contribution in [2.24, 2.45) is 4.99 Å². The van der Waals surface area contributed by atoms with Crippen LogP contribution in [-0.4, -0.2) is 5.84 Å². The molecule has 12 heavy (non-hydrogen) atoms. The lowest BCUT2D eigenvalue weighted by Crippen LogP contribution is -2.10. The second-order valence-electron chi connectivity index (χ2n) is 2.70. The number of amidine groups is 1. The molecule has 0 spiro atoms. The summed E-state index contributed by atoms with van der Waals surface area (Å²) in [5.74, 6) is 0.813. The van der Waals surface area contributed by atoms with Crippen molar-refractivity contribution >= 4 is 5.84 Å². The number of benzene rings is 1. The minimum absolute atomic E-state index is 0.813. The molecule has 0 amide bonds. The second-order valence-corrected chi connectivity index (χ2v) is 2.70. The van der Waals surface area contributed by atoms with Gasteiger partial charge in [-0.3, -0.25) is 0 Å². The smallest absolute Gasteiger partial charge is 0.159 e. The number of allylic oxidation sites excluding steroid dienone is 1. The third kappa shape index (κ3) is 1.23. The standard InChI is InChI=1S/C10H9N2/c1-8-7-11-10(12-8)9-5-3-2-4-6-9/h2-7H,1H3. The number of hydrogen-bond donors (Lipinski definition) is 0. The Balaban J connectivity index is 2.25. The van der Waals surface area contributed by atoms with E-state index in [1.54, 1.807) is 6.20 Å². The molecule has 0 atom stereocenters. The van der Waals surface area contributed by atoms with Crippen LogP contribution in [-0.2, 0) is 0 Å². The zero-order valence-corrected chi connectivity index (χ0v) is 6.86. The van der Waals surface area contributed by atoms with Gasteiger partial charge >= 0.3 is 0 Å². The van der Waals surface area contributed by atoms with Gasteiger partial charge in [0.15, 0.2) is 5.84 Å². The van der Waals surface area contributed by atoms with Crippen LogP contribution in [0.5, 0.6) is 0 Å². The van der Waals surface area contributed by atoms with E-state index in [1.165, 1.54) is 0 Å². The van der Waals surface area contributed by atoms with Crippen molar-refractivity contribution in [3.8, 4) is 0 Å². The van der Waals surface area contributed by atoms with Crippen molar-refractivity contribution in [3.05, 3.63) is 47.8 Å². The van der Waals surface area contributed by atoms with Crippen molar-refractivity contribution < 1.29 is 0 Å². The molecular formula is C10H9N2. The van der Waals surface area contributed by atoms with Crippen LogP contribution in [0.15, 0.2) is 47.2 Å². The average molecular weight is 157 g/mol. The maximum Gasteiger partial charge on any atom is 0.159 e. The largest absolute Gasteiger partial charge is 0.235 e. The molecule has 1 radical (unpaired) electrons. The van der Waals surface area contributed by atoms with E-state index in [1.807, 2.05) is 37.3 Å². The van der Waals surface area contributed by atoms with Crippen molar-refractivity contribution in [3.63, 3.8) is 0 Å². The fourth-order valence-electron chi connectivity index (χ4n) is 1.11. The highest BCUT2D eigenvalue weighted by Crippen LogP contribution is 2.08. The van der Waals surface area contributed by atoms with E-state index in [-0.39, 0.29) is 0 Å². The number of rotatable bonds is 1. The van der Waals surface area contributed by atoms with Crippen LogP contribution in [0.4, 0.5) is 0 Å². The molecule has 2 heteroatoms. The van der Waals surface area contributed by atoms with Gasteiger partial charge in [0.05, 0.1) is 11.9 Å². The number of aliphatic imine (C=N–C) groups is 1. The molecule has 0 fully saturated rings. The summed E-state index contributed by atoms with van der Waals surface area (Å²) in [5.41, 5.74) is 2.04. The predicted molar refractivity (Wildman–Crippen MR) is 48.9 cm³/mol. The number of hydrogen-bond acceptors (Lipinski definition) is 1. The molecule has 1 aromatic carbocycles. The van der Waals surface area contributed by atoms with Gasteiger partial charge in [0.25, 0.3) is 0 Å². The molecule has 0 saturated carbocycles. The summed E-state index contributed by atoms with van der Waals surface area (Å²) in [7, 11) is 0. The van der Waals surface area contributed by atoms with Crippen molar-refractivity contribution in [1.29, 1.82) is 0 Å². The van der Waals surface area contributed by atoms with Crippen LogP contribution >= 0.6 is 0 Å². The first-order valence-corrected chi connectivity index (χ1v) is 3.88. The fourth-order valence-corrected chi connectivity index (χ4v) is 1.11. The van der Waals surface area contributed by atoms with Gasteiger partial charge < -0.3 is 0 Å². The molecule has 0 saturated heterocycles. The quantitative estimate of drug-likeness (QED) is 0.595. The summed E-state index contributed by atoms with van der Waals surface area (Å²) in [5, 5.41) is 4.27. The molecule has 2 nitrogen and oxygen atoms in total. The minimum atomic E-state index is 0.813. The minimum Gasteiger partial charge on any atom is -0.235 e. The van der Waals surface area contributed by atoms with Gasteiger partial charge in [0.1, 0.15) is 0 Å². The van der Waals surface area contributed by atoms with Crippen LogP contribution in [0.3, 0.4) is 0 Å². The Labute approximate surface area is 71.6 Å². The molecule has 1 aliphatic rings. The lowest BCUT2D eigenvalue weighted by molar-refractivity contribution is 1.13. The summed E-state index contributed by atoms with van der Waals surface area (Å²) < 4.78 is 0. The molecule has 1 heterocycles. The number of nitrogens with zero attached hydrogens (tertiary/aromatic N) is 2. The van der Waals surface area contributed by atoms with E-state index in [0.717, 1.165) is 17.1 Å². The first kappa shape index (κ1) is 7.10. The van der Waals surface area contributed by atoms with E-state index < -0.39 is 0 Å². The van der Waals surface area contributed by atoms with E-state index in [2.05, 4.69) is 10.3 Å². The maximum absolute atomic E-state index is 4.27. The third-order valence-electron chi connectivity index (χ3n) is 1.69. The van der Waals surface area contributed by atoms with Gasteiger partial charge in [-0.1, -0.05) is 30.3 Å². The Hall–Kier alpha value is -1.57. The summed E-state index contributed by atoms with van der Waals surface area (Å²) in [4.78, 5) is 4.17. The van der Waals surface area contributed by atoms with Gasteiger partial charge in [0, 0.05) is 5.56 Å². The van der Waals surface area contributed by atoms with Gasteiger partial charge in [-0.15, -0.1) is 0 Å². The van der Waals surface area contributed by atoms with E-state index >= 15 is 0 Å². The average Bonchev–Trinajstić information content (AvgIpc) is 2.54. The monoisotopic (exact) mass is 157 g/mol. The first-order chi connectivity index (χ1) is 5.86. The highest BCUT2D eigenvalue weighted by Gasteiger charge is 2.08. The molecule has 1 aromatic rings.